The monoisotopic (exact) mass is 466 g/mol. The van der Waals surface area contributed by atoms with Gasteiger partial charge in [0.25, 0.3) is 5.56 Å². The van der Waals surface area contributed by atoms with Crippen LogP contribution in [0.25, 0.3) is 10.9 Å². The first-order chi connectivity index (χ1) is 16.5. The summed E-state index contributed by atoms with van der Waals surface area (Å²) in [4.78, 5) is 50.8. The van der Waals surface area contributed by atoms with Crippen molar-refractivity contribution >= 4 is 28.4 Å². The van der Waals surface area contributed by atoms with Crippen molar-refractivity contribution in [3.63, 3.8) is 0 Å². The minimum atomic E-state index is -0.561. The molecule has 9 nitrogen and oxygen atoms in total. The van der Waals surface area contributed by atoms with Crippen LogP contribution in [0.3, 0.4) is 0 Å². The summed E-state index contributed by atoms with van der Waals surface area (Å²) in [7, 11) is 1.51. The molecule has 0 unspecified atom stereocenters. The highest BCUT2D eigenvalue weighted by molar-refractivity contribution is 5.93. The Hall–Kier alpha value is -3.88. The Morgan fingerprint density at radius 3 is 2.44 bits per heavy atom. The third-order valence-corrected chi connectivity index (χ3v) is 5.42. The SMILES string of the molecule is CCCNC(=O)CCCCn1c(=O)c2ccccc2n(CC(=O)Nc2ccccc2OC)c1=O. The zero-order chi connectivity index (χ0) is 24.5. The maximum Gasteiger partial charge on any atom is 0.331 e. The first-order valence-corrected chi connectivity index (χ1v) is 11.4. The molecule has 1 aromatic heterocycles. The summed E-state index contributed by atoms with van der Waals surface area (Å²) in [5, 5.41) is 5.93. The van der Waals surface area contributed by atoms with Crippen molar-refractivity contribution in [1.82, 2.24) is 14.5 Å². The van der Waals surface area contributed by atoms with Crippen LogP contribution in [0.5, 0.6) is 5.75 Å². The lowest BCUT2D eigenvalue weighted by Gasteiger charge is -2.15. The van der Waals surface area contributed by atoms with E-state index in [1.54, 1.807) is 48.5 Å². The van der Waals surface area contributed by atoms with Gasteiger partial charge in [0.05, 0.1) is 23.7 Å². The lowest BCUT2D eigenvalue weighted by molar-refractivity contribution is -0.121. The molecular weight excluding hydrogens is 436 g/mol. The summed E-state index contributed by atoms with van der Waals surface area (Å²) >= 11 is 0. The van der Waals surface area contributed by atoms with Crippen LogP contribution in [0.1, 0.15) is 32.6 Å². The highest BCUT2D eigenvalue weighted by Gasteiger charge is 2.16. The number of benzene rings is 2. The maximum atomic E-state index is 13.2. The topological polar surface area (TPSA) is 111 Å². The molecule has 0 radical (unpaired) electrons. The summed E-state index contributed by atoms with van der Waals surface area (Å²) in [5.74, 6) is 0.0358. The number of hydrogen-bond donors (Lipinski definition) is 2. The van der Waals surface area contributed by atoms with Crippen molar-refractivity contribution in [2.75, 3.05) is 19.0 Å². The Labute approximate surface area is 197 Å². The Kier molecular flexibility index (Phi) is 8.61. The number of nitrogens with one attached hydrogen (secondary N) is 2. The van der Waals surface area contributed by atoms with Crippen LogP contribution in [0.15, 0.2) is 58.1 Å². The lowest BCUT2D eigenvalue weighted by atomic mass is 10.2. The summed E-state index contributed by atoms with van der Waals surface area (Å²) in [6, 6.07) is 13.7. The molecule has 0 atom stereocenters. The number of amides is 2. The predicted molar refractivity (Wildman–Crippen MR) is 131 cm³/mol. The van der Waals surface area contributed by atoms with Gasteiger partial charge in [0, 0.05) is 19.5 Å². The third kappa shape index (κ3) is 5.92. The molecule has 34 heavy (non-hydrogen) atoms. The second-order valence-corrected chi connectivity index (χ2v) is 7.90. The number of nitrogens with zero attached hydrogens (tertiary/aromatic N) is 2. The highest BCUT2D eigenvalue weighted by atomic mass is 16.5. The van der Waals surface area contributed by atoms with Crippen LogP contribution in [0.2, 0.25) is 0 Å². The molecule has 0 aliphatic heterocycles. The number of carbonyl (C=O) groups is 2. The minimum Gasteiger partial charge on any atom is -0.495 e. The molecule has 9 heteroatoms. The van der Waals surface area contributed by atoms with Gasteiger partial charge in [-0.25, -0.2) is 4.79 Å². The predicted octanol–water partition coefficient (Wildman–Crippen LogP) is 2.51. The van der Waals surface area contributed by atoms with Crippen LogP contribution in [-0.2, 0) is 22.7 Å². The fraction of sp³-hybridized carbons (Fsp3) is 0.360. The van der Waals surface area contributed by atoms with Crippen LogP contribution in [0.4, 0.5) is 5.69 Å². The van der Waals surface area contributed by atoms with E-state index < -0.39 is 17.2 Å². The molecule has 3 aromatic rings. The van der Waals surface area contributed by atoms with E-state index in [4.69, 9.17) is 4.74 Å². The molecule has 0 spiro atoms. The van der Waals surface area contributed by atoms with Gasteiger partial charge in [-0.3, -0.25) is 23.5 Å². The van der Waals surface area contributed by atoms with Crippen LogP contribution in [-0.4, -0.2) is 34.6 Å². The number of para-hydroxylation sites is 3. The Morgan fingerprint density at radius 2 is 1.68 bits per heavy atom. The fourth-order valence-electron chi connectivity index (χ4n) is 3.71. The maximum absolute atomic E-state index is 13.2. The van der Waals surface area contributed by atoms with Crippen LogP contribution < -0.4 is 26.6 Å². The number of ether oxygens (including phenoxy) is 1. The average Bonchev–Trinajstić information content (AvgIpc) is 2.85. The average molecular weight is 467 g/mol. The summed E-state index contributed by atoms with van der Waals surface area (Å²) in [6.07, 6.45) is 2.23. The van der Waals surface area contributed by atoms with Gasteiger partial charge in [-0.05, 0) is 43.5 Å². The number of rotatable bonds is 11. The number of anilines is 1. The fourth-order valence-corrected chi connectivity index (χ4v) is 3.71. The first kappa shape index (κ1) is 24.8. The molecule has 3 rings (SSSR count). The second kappa shape index (κ2) is 11.8. The van der Waals surface area contributed by atoms with Gasteiger partial charge < -0.3 is 15.4 Å². The Balaban J connectivity index is 1.82. The smallest absolute Gasteiger partial charge is 0.331 e. The molecule has 2 amide bonds. The number of carbonyl (C=O) groups excluding carboxylic acids is 2. The van der Waals surface area contributed by atoms with Gasteiger partial charge in [-0.2, -0.15) is 0 Å². The largest absolute Gasteiger partial charge is 0.495 e. The molecule has 0 fully saturated rings. The molecule has 180 valence electrons. The molecule has 0 aliphatic rings. The molecule has 0 saturated carbocycles. The van der Waals surface area contributed by atoms with Crippen molar-refractivity contribution in [3.8, 4) is 5.75 Å². The van der Waals surface area contributed by atoms with E-state index in [0.717, 1.165) is 11.0 Å². The second-order valence-electron chi connectivity index (χ2n) is 7.90. The molecule has 1 heterocycles. The molecular formula is C25H30N4O5. The van der Waals surface area contributed by atoms with E-state index in [2.05, 4.69) is 10.6 Å². The molecule has 2 N–H and O–H groups in total. The molecule has 0 bridgehead atoms. The number of methoxy groups -OCH3 is 1. The lowest BCUT2D eigenvalue weighted by Crippen LogP contribution is -2.41. The van der Waals surface area contributed by atoms with Gasteiger partial charge in [0.2, 0.25) is 11.8 Å². The third-order valence-electron chi connectivity index (χ3n) is 5.42. The molecule has 2 aromatic carbocycles. The Bertz CT molecular complexity index is 1280. The van der Waals surface area contributed by atoms with Gasteiger partial charge in [0.15, 0.2) is 0 Å². The van der Waals surface area contributed by atoms with E-state index >= 15 is 0 Å². The quantitative estimate of drug-likeness (QED) is 0.422. The van der Waals surface area contributed by atoms with Gasteiger partial charge in [-0.15, -0.1) is 0 Å². The Morgan fingerprint density at radius 1 is 0.941 bits per heavy atom. The standard InChI is InChI=1S/C25H30N4O5/c1-3-15-26-22(30)14-8-9-16-28-24(32)18-10-4-6-12-20(18)29(25(28)33)17-23(31)27-19-11-5-7-13-21(19)34-2/h4-7,10-13H,3,8-9,14-17H2,1-2H3,(H,26,30)(H,27,31). The molecule has 0 saturated heterocycles. The summed E-state index contributed by atoms with van der Waals surface area (Å²) in [5.41, 5.74) is -0.0865. The summed E-state index contributed by atoms with van der Waals surface area (Å²) < 4.78 is 7.70. The van der Waals surface area contributed by atoms with Crippen LogP contribution >= 0.6 is 0 Å². The van der Waals surface area contributed by atoms with Crippen molar-refractivity contribution in [2.45, 2.75) is 45.7 Å². The van der Waals surface area contributed by atoms with Gasteiger partial charge >= 0.3 is 5.69 Å². The normalized spacial score (nSPS) is 10.8. The van der Waals surface area contributed by atoms with Crippen molar-refractivity contribution < 1.29 is 14.3 Å². The van der Waals surface area contributed by atoms with E-state index in [-0.39, 0.29) is 19.0 Å². The van der Waals surface area contributed by atoms with E-state index in [0.29, 0.717) is 48.1 Å². The zero-order valence-corrected chi connectivity index (χ0v) is 19.5. The minimum absolute atomic E-state index is 0.0434. The van der Waals surface area contributed by atoms with Crippen molar-refractivity contribution in [1.29, 1.82) is 0 Å². The van der Waals surface area contributed by atoms with Crippen molar-refractivity contribution in [3.05, 3.63) is 69.4 Å². The van der Waals surface area contributed by atoms with E-state index in [1.807, 2.05) is 6.92 Å². The zero-order valence-electron chi connectivity index (χ0n) is 19.5. The van der Waals surface area contributed by atoms with Crippen molar-refractivity contribution in [2.24, 2.45) is 0 Å². The van der Waals surface area contributed by atoms with E-state index in [1.165, 1.54) is 11.7 Å². The first-order valence-electron chi connectivity index (χ1n) is 11.4. The van der Waals surface area contributed by atoms with E-state index in [9.17, 15) is 19.2 Å². The number of fused-ring (bicyclic) bond motifs is 1. The van der Waals surface area contributed by atoms with Gasteiger partial charge in [0.1, 0.15) is 12.3 Å². The van der Waals surface area contributed by atoms with Gasteiger partial charge in [-0.1, -0.05) is 31.2 Å². The van der Waals surface area contributed by atoms with Crippen LogP contribution in [0, 0.1) is 0 Å². The number of aromatic nitrogens is 2. The number of hydrogen-bond acceptors (Lipinski definition) is 5. The highest BCUT2D eigenvalue weighted by Crippen LogP contribution is 2.23. The molecule has 0 aliphatic carbocycles. The number of unbranched alkanes of at least 4 members (excludes halogenated alkanes) is 1. The summed E-state index contributed by atoms with van der Waals surface area (Å²) in [6.45, 7) is 2.51.